The molecule has 0 unspecified atom stereocenters. The molecule has 3 aromatic rings. The number of anilines is 1. The fourth-order valence-corrected chi connectivity index (χ4v) is 3.65. The van der Waals surface area contributed by atoms with E-state index in [-0.39, 0.29) is 26.8 Å². The zero-order valence-corrected chi connectivity index (χ0v) is 16.4. The predicted molar refractivity (Wildman–Crippen MR) is 114 cm³/mol. The van der Waals surface area contributed by atoms with Crippen LogP contribution in [0.2, 0.25) is 0 Å². The summed E-state index contributed by atoms with van der Waals surface area (Å²) < 4.78 is 5.41. The number of hydrogen-bond acceptors (Lipinski definition) is 2. The molecule has 3 rings (SSSR count). The molecule has 0 saturated heterocycles. The number of urea groups is 1. The average molecular weight is 445 g/mol. The highest BCUT2D eigenvalue weighted by Gasteiger charge is 2.06. The predicted octanol–water partition coefficient (Wildman–Crippen LogP) is 4.92. The molecule has 2 aromatic carbocycles. The second-order valence-electron chi connectivity index (χ2n) is 5.71. The molecule has 4 nitrogen and oxygen atoms in total. The van der Waals surface area contributed by atoms with Crippen LogP contribution < -0.4 is 10.6 Å². The van der Waals surface area contributed by atoms with Gasteiger partial charge in [0.2, 0.25) is 0 Å². The molecule has 128 valence electrons. The SMILES string of the molecule is C=Ic1ccc(C)c(-c2ccc3cc(NC(=O)NCC)ncc3c2)c1. The average Bonchev–Trinajstić information content (AvgIpc) is 2.62. The van der Waals surface area contributed by atoms with Crippen LogP contribution in [0.3, 0.4) is 0 Å². The standard InChI is InChI=1S/C20H20IN3O/c1-4-22-20(25)24-19-10-14-6-7-15(9-16(14)12-23-19)18-11-17(21-3)8-5-13(18)2/h5-12H,3-4H2,1-2H3,(H2,22,23,24,25). The molecule has 0 fully saturated rings. The zero-order chi connectivity index (χ0) is 17.8. The van der Waals surface area contributed by atoms with E-state index in [0.29, 0.717) is 12.4 Å². The van der Waals surface area contributed by atoms with Gasteiger partial charge in [0.05, 0.1) is 0 Å². The molecule has 0 aliphatic rings. The number of pyridine rings is 1. The van der Waals surface area contributed by atoms with Crippen LogP contribution in [0.15, 0.2) is 48.7 Å². The topological polar surface area (TPSA) is 54.0 Å². The van der Waals surface area contributed by atoms with Crippen molar-refractivity contribution >= 4 is 47.9 Å². The number of fused-ring (bicyclic) bond motifs is 1. The highest BCUT2D eigenvalue weighted by Crippen LogP contribution is 2.29. The smallest absolute Gasteiger partial charge is 0.320 e. The molecule has 0 atom stereocenters. The third-order valence-electron chi connectivity index (χ3n) is 3.97. The minimum absolute atomic E-state index is 0.173. The van der Waals surface area contributed by atoms with Crippen molar-refractivity contribution in [2.24, 2.45) is 0 Å². The summed E-state index contributed by atoms with van der Waals surface area (Å²) in [5, 5.41) is 7.53. The van der Waals surface area contributed by atoms with Crippen LogP contribution in [0, 0.1) is 10.5 Å². The number of aryl methyl sites for hydroxylation is 1. The van der Waals surface area contributed by atoms with Gasteiger partial charge in [-0.05, 0) is 60.2 Å². The van der Waals surface area contributed by atoms with Crippen molar-refractivity contribution in [3.63, 3.8) is 0 Å². The van der Waals surface area contributed by atoms with E-state index in [1.807, 2.05) is 13.0 Å². The monoisotopic (exact) mass is 445 g/mol. The molecule has 2 N–H and O–H groups in total. The first kappa shape index (κ1) is 17.5. The number of amides is 2. The van der Waals surface area contributed by atoms with Crippen LogP contribution in [0.1, 0.15) is 12.5 Å². The first-order valence-electron chi connectivity index (χ1n) is 8.04. The molecule has 0 aliphatic heterocycles. The van der Waals surface area contributed by atoms with Crippen LogP contribution in [0.25, 0.3) is 21.9 Å². The largest absolute Gasteiger partial charge is 0.338 e. The van der Waals surface area contributed by atoms with Gasteiger partial charge in [-0.25, -0.2) is 9.78 Å². The Bertz CT molecular complexity index is 953. The van der Waals surface area contributed by atoms with Gasteiger partial charge in [-0.15, -0.1) is 0 Å². The molecule has 5 heteroatoms. The number of nitrogens with one attached hydrogen (secondary N) is 2. The molecule has 0 radical (unpaired) electrons. The fourth-order valence-electron chi connectivity index (χ4n) is 2.69. The second-order valence-corrected chi connectivity index (χ2v) is 7.72. The van der Waals surface area contributed by atoms with E-state index in [4.69, 9.17) is 0 Å². The normalized spacial score (nSPS) is 10.6. The molecule has 25 heavy (non-hydrogen) atoms. The number of carbonyl (C=O) groups excluding carboxylic acids is 1. The summed E-state index contributed by atoms with van der Waals surface area (Å²) in [5.41, 5.74) is 3.67. The molecule has 0 saturated carbocycles. The molecule has 0 spiro atoms. The molecule has 1 aromatic heterocycles. The van der Waals surface area contributed by atoms with Crippen molar-refractivity contribution < 1.29 is 4.79 Å². The Morgan fingerprint density at radius 1 is 1.16 bits per heavy atom. The molecule has 0 bridgehead atoms. The van der Waals surface area contributed by atoms with Crippen molar-refractivity contribution in [2.45, 2.75) is 13.8 Å². The van der Waals surface area contributed by atoms with E-state index in [9.17, 15) is 4.79 Å². The lowest BCUT2D eigenvalue weighted by Gasteiger charge is -2.10. The Hall–Kier alpha value is -2.28. The third kappa shape index (κ3) is 4.04. The lowest BCUT2D eigenvalue weighted by atomic mass is 9.98. The van der Waals surface area contributed by atoms with Crippen LogP contribution >= 0.6 is 20.7 Å². The Morgan fingerprint density at radius 3 is 2.76 bits per heavy atom. The highest BCUT2D eigenvalue weighted by molar-refractivity contribution is 14.2. The summed E-state index contributed by atoms with van der Waals surface area (Å²) in [6.45, 7) is 4.58. The highest BCUT2D eigenvalue weighted by atomic mass is 127. The van der Waals surface area contributed by atoms with Gasteiger partial charge in [0.25, 0.3) is 0 Å². The van der Waals surface area contributed by atoms with Gasteiger partial charge >= 0.3 is 6.03 Å². The van der Waals surface area contributed by atoms with Crippen molar-refractivity contribution in [3.8, 4) is 11.1 Å². The van der Waals surface area contributed by atoms with Crippen LogP contribution in [-0.2, 0) is 0 Å². The molecular weight excluding hydrogens is 425 g/mol. The van der Waals surface area contributed by atoms with Gasteiger partial charge in [-0.3, -0.25) is 5.32 Å². The van der Waals surface area contributed by atoms with Crippen molar-refractivity contribution in [2.75, 3.05) is 11.9 Å². The summed E-state index contributed by atoms with van der Waals surface area (Å²) in [7, 11) is 0. The minimum atomic E-state index is -0.241. The summed E-state index contributed by atoms with van der Waals surface area (Å²) >= 11 is -0.173. The summed E-state index contributed by atoms with van der Waals surface area (Å²) in [5.74, 6) is 0.547. The molecule has 1 heterocycles. The number of benzene rings is 2. The maximum absolute atomic E-state index is 11.6. The van der Waals surface area contributed by atoms with E-state index in [2.05, 4.69) is 63.5 Å². The maximum Gasteiger partial charge on any atom is 0.320 e. The van der Waals surface area contributed by atoms with Gasteiger partial charge in [0.1, 0.15) is 5.82 Å². The Balaban J connectivity index is 1.96. The first-order valence-corrected chi connectivity index (χ1v) is 10.6. The number of rotatable bonds is 4. The van der Waals surface area contributed by atoms with E-state index < -0.39 is 0 Å². The Labute approximate surface area is 157 Å². The number of halogens is 1. The number of hydrogen-bond donors (Lipinski definition) is 2. The van der Waals surface area contributed by atoms with Gasteiger partial charge in [-0.1, -0.05) is 43.4 Å². The molecule has 2 amide bonds. The van der Waals surface area contributed by atoms with Crippen LogP contribution in [-0.4, -0.2) is 22.1 Å². The zero-order valence-electron chi connectivity index (χ0n) is 14.3. The van der Waals surface area contributed by atoms with Gasteiger partial charge < -0.3 is 5.32 Å². The van der Waals surface area contributed by atoms with E-state index in [1.54, 1.807) is 6.20 Å². The van der Waals surface area contributed by atoms with Gasteiger partial charge in [-0.2, -0.15) is 0 Å². The number of carbonyl (C=O) groups is 1. The number of aromatic nitrogens is 1. The van der Waals surface area contributed by atoms with Crippen molar-refractivity contribution in [1.82, 2.24) is 10.3 Å². The summed E-state index contributed by atoms with van der Waals surface area (Å²) in [4.78, 5) is 16.0. The molecular formula is C20H20IN3O. The van der Waals surface area contributed by atoms with Gasteiger partial charge in [0.15, 0.2) is 0 Å². The lowest BCUT2D eigenvalue weighted by Crippen LogP contribution is -2.28. The van der Waals surface area contributed by atoms with Gasteiger partial charge in [0, 0.05) is 21.7 Å². The molecule has 0 aliphatic carbocycles. The Kier molecular flexibility index (Phi) is 5.43. The second kappa shape index (κ2) is 7.74. The van der Waals surface area contributed by atoms with Crippen molar-refractivity contribution in [3.05, 3.63) is 57.8 Å². The fraction of sp³-hybridized carbons (Fsp3) is 0.150. The summed E-state index contributed by atoms with van der Waals surface area (Å²) in [6.07, 6.45) is 1.80. The van der Waals surface area contributed by atoms with E-state index in [0.717, 1.165) is 10.8 Å². The van der Waals surface area contributed by atoms with Crippen molar-refractivity contribution in [1.29, 1.82) is 0 Å². The first-order chi connectivity index (χ1) is 12.1. The quantitative estimate of drug-likeness (QED) is 0.560. The van der Waals surface area contributed by atoms with E-state index in [1.165, 1.54) is 20.3 Å². The minimum Gasteiger partial charge on any atom is -0.338 e. The lowest BCUT2D eigenvalue weighted by molar-refractivity contribution is 0.252. The van der Waals surface area contributed by atoms with Crippen LogP contribution in [0.4, 0.5) is 10.6 Å². The maximum atomic E-state index is 11.6. The number of nitrogens with zero attached hydrogens (tertiary/aromatic N) is 1. The third-order valence-corrected chi connectivity index (χ3v) is 5.52. The van der Waals surface area contributed by atoms with Crippen LogP contribution in [0.5, 0.6) is 0 Å². The van der Waals surface area contributed by atoms with E-state index >= 15 is 0 Å². The summed E-state index contributed by atoms with van der Waals surface area (Å²) in [6, 6.07) is 14.6. The Morgan fingerprint density at radius 2 is 2.00 bits per heavy atom.